The highest BCUT2D eigenvalue weighted by molar-refractivity contribution is 5.99. The number of para-hydroxylation sites is 3. The minimum Gasteiger partial charge on any atom is -0.484 e. The number of alkyl halides is 3. The second kappa shape index (κ2) is 11.7. The van der Waals surface area contributed by atoms with Gasteiger partial charge in [-0.1, -0.05) is 42.5 Å². The molecule has 0 spiro atoms. The Kier molecular flexibility index (Phi) is 8.65. The van der Waals surface area contributed by atoms with Gasteiger partial charge < -0.3 is 19.5 Å². The summed E-state index contributed by atoms with van der Waals surface area (Å²) in [6, 6.07) is 20.6. The van der Waals surface area contributed by atoms with Crippen molar-refractivity contribution in [3.8, 4) is 11.5 Å². The number of carbonyl (C=O) groups excluding carboxylic acids is 2. The number of halogens is 3. The molecule has 10 heteroatoms. The molecule has 0 aliphatic rings. The molecule has 37 heavy (non-hydrogen) atoms. The minimum atomic E-state index is -4.81. The quantitative estimate of drug-likeness (QED) is 0.368. The second-order valence-corrected chi connectivity index (χ2v) is 8.93. The Bertz CT molecular complexity index is 1190. The van der Waals surface area contributed by atoms with Crippen LogP contribution < -0.4 is 19.7 Å². The zero-order valence-corrected chi connectivity index (χ0v) is 20.5. The highest BCUT2D eigenvalue weighted by atomic mass is 19.4. The van der Waals surface area contributed by atoms with E-state index < -0.39 is 24.0 Å². The lowest BCUT2D eigenvalue weighted by atomic mass is 10.1. The van der Waals surface area contributed by atoms with E-state index >= 15 is 0 Å². The summed E-state index contributed by atoms with van der Waals surface area (Å²) >= 11 is 0. The number of hydrogen-bond donors (Lipinski definition) is 1. The summed E-state index contributed by atoms with van der Waals surface area (Å²) in [5, 5.41) is 2.74. The van der Waals surface area contributed by atoms with Crippen LogP contribution in [0.25, 0.3) is 0 Å². The number of benzene rings is 3. The molecular weight excluding hydrogens is 489 g/mol. The number of nitrogens with zero attached hydrogens (tertiary/aromatic N) is 1. The first-order chi connectivity index (χ1) is 17.4. The molecule has 0 unspecified atom stereocenters. The Labute approximate surface area is 212 Å². The smallest absolute Gasteiger partial charge is 0.484 e. The first-order valence-electron chi connectivity index (χ1n) is 11.3. The van der Waals surface area contributed by atoms with Crippen LogP contribution in [0.15, 0.2) is 78.9 Å². The molecule has 0 aliphatic heterocycles. The predicted octanol–water partition coefficient (Wildman–Crippen LogP) is 6.54. The lowest BCUT2D eigenvalue weighted by molar-refractivity contribution is -0.274. The van der Waals surface area contributed by atoms with Gasteiger partial charge in [-0.2, -0.15) is 0 Å². The Balaban J connectivity index is 1.82. The standard InChI is InChI=1S/C27H27F3N2O5/c1-26(2,3)37-25(34)32(17-19-13-15-21(16-14-19)36-27(28,29)30)23-12-8-7-11-22(23)31-24(33)18-35-20-9-5-4-6-10-20/h4-16H,17-18H2,1-3H3,(H,31,33). The van der Waals surface area contributed by atoms with Crippen LogP contribution in [0.3, 0.4) is 0 Å². The summed E-state index contributed by atoms with van der Waals surface area (Å²) in [7, 11) is 0. The molecule has 0 fully saturated rings. The first-order valence-corrected chi connectivity index (χ1v) is 11.3. The zero-order valence-electron chi connectivity index (χ0n) is 20.5. The van der Waals surface area contributed by atoms with Crippen molar-refractivity contribution in [2.75, 3.05) is 16.8 Å². The van der Waals surface area contributed by atoms with Gasteiger partial charge in [-0.05, 0) is 62.7 Å². The van der Waals surface area contributed by atoms with Crippen LogP contribution in [0.2, 0.25) is 0 Å². The van der Waals surface area contributed by atoms with E-state index in [1.807, 2.05) is 6.07 Å². The van der Waals surface area contributed by atoms with E-state index in [4.69, 9.17) is 9.47 Å². The van der Waals surface area contributed by atoms with Crippen LogP contribution >= 0.6 is 0 Å². The summed E-state index contributed by atoms with van der Waals surface area (Å²) < 4.78 is 52.5. The Morgan fingerprint density at radius 2 is 1.46 bits per heavy atom. The van der Waals surface area contributed by atoms with E-state index in [1.54, 1.807) is 69.3 Å². The van der Waals surface area contributed by atoms with Gasteiger partial charge in [0, 0.05) is 0 Å². The third-order valence-corrected chi connectivity index (χ3v) is 4.69. The minimum absolute atomic E-state index is 0.0470. The molecule has 3 aromatic carbocycles. The SMILES string of the molecule is CC(C)(C)OC(=O)N(Cc1ccc(OC(F)(F)F)cc1)c1ccccc1NC(=O)COc1ccccc1. The fraction of sp³-hybridized carbons (Fsp3) is 0.259. The topological polar surface area (TPSA) is 77.1 Å². The predicted molar refractivity (Wildman–Crippen MR) is 133 cm³/mol. The van der Waals surface area contributed by atoms with E-state index in [0.29, 0.717) is 22.7 Å². The van der Waals surface area contributed by atoms with Crippen LogP contribution in [0, 0.1) is 0 Å². The molecule has 0 radical (unpaired) electrons. The van der Waals surface area contributed by atoms with Crippen molar-refractivity contribution < 1.29 is 37.0 Å². The van der Waals surface area contributed by atoms with Crippen molar-refractivity contribution >= 4 is 23.4 Å². The van der Waals surface area contributed by atoms with Gasteiger partial charge in [0.25, 0.3) is 5.91 Å². The first kappa shape index (κ1) is 27.4. The molecule has 1 N–H and O–H groups in total. The van der Waals surface area contributed by atoms with E-state index in [1.165, 1.54) is 17.0 Å². The Hall–Kier alpha value is -4.21. The number of carbonyl (C=O) groups is 2. The monoisotopic (exact) mass is 516 g/mol. The van der Waals surface area contributed by atoms with Gasteiger partial charge in [0.05, 0.1) is 17.9 Å². The van der Waals surface area contributed by atoms with Crippen LogP contribution in [-0.2, 0) is 16.1 Å². The molecule has 0 atom stereocenters. The molecule has 0 heterocycles. The fourth-order valence-electron chi connectivity index (χ4n) is 3.21. The van der Waals surface area contributed by atoms with Gasteiger partial charge in [0.2, 0.25) is 0 Å². The zero-order chi connectivity index (χ0) is 27.1. The summed E-state index contributed by atoms with van der Waals surface area (Å²) in [5.41, 5.74) is 0.350. The number of ether oxygens (including phenoxy) is 3. The second-order valence-electron chi connectivity index (χ2n) is 8.93. The van der Waals surface area contributed by atoms with E-state index in [0.717, 1.165) is 12.1 Å². The molecule has 0 saturated heterocycles. The molecule has 0 bridgehead atoms. The number of nitrogens with one attached hydrogen (secondary N) is 1. The third kappa shape index (κ3) is 9.06. The van der Waals surface area contributed by atoms with E-state index in [2.05, 4.69) is 10.1 Å². The highest BCUT2D eigenvalue weighted by Gasteiger charge is 2.31. The van der Waals surface area contributed by atoms with Gasteiger partial charge in [-0.25, -0.2) is 4.79 Å². The number of anilines is 2. The molecule has 2 amide bonds. The van der Waals surface area contributed by atoms with Crippen molar-refractivity contribution in [1.29, 1.82) is 0 Å². The number of amides is 2. The molecule has 0 aromatic heterocycles. The normalized spacial score (nSPS) is 11.4. The summed E-state index contributed by atoms with van der Waals surface area (Å²) in [4.78, 5) is 27.0. The Morgan fingerprint density at radius 1 is 0.838 bits per heavy atom. The van der Waals surface area contributed by atoms with E-state index in [9.17, 15) is 22.8 Å². The lowest BCUT2D eigenvalue weighted by Gasteiger charge is -2.29. The largest absolute Gasteiger partial charge is 0.573 e. The van der Waals surface area contributed by atoms with Crippen LogP contribution in [0.4, 0.5) is 29.3 Å². The fourth-order valence-corrected chi connectivity index (χ4v) is 3.21. The summed E-state index contributed by atoms with van der Waals surface area (Å²) in [5.74, 6) is -0.306. The van der Waals surface area contributed by atoms with Crippen molar-refractivity contribution in [1.82, 2.24) is 0 Å². The van der Waals surface area contributed by atoms with Crippen molar-refractivity contribution in [2.24, 2.45) is 0 Å². The van der Waals surface area contributed by atoms with Gasteiger partial charge >= 0.3 is 12.5 Å². The molecular formula is C27H27F3N2O5. The molecule has 3 rings (SSSR count). The average Bonchev–Trinajstić information content (AvgIpc) is 2.81. The maximum absolute atomic E-state index is 13.2. The maximum Gasteiger partial charge on any atom is 0.573 e. The van der Waals surface area contributed by atoms with Crippen molar-refractivity contribution in [3.63, 3.8) is 0 Å². The van der Waals surface area contributed by atoms with E-state index in [-0.39, 0.29) is 18.9 Å². The third-order valence-electron chi connectivity index (χ3n) is 4.69. The molecule has 3 aromatic rings. The van der Waals surface area contributed by atoms with Crippen LogP contribution in [0.1, 0.15) is 26.3 Å². The molecule has 7 nitrogen and oxygen atoms in total. The van der Waals surface area contributed by atoms with Gasteiger partial charge in [-0.3, -0.25) is 9.69 Å². The lowest BCUT2D eigenvalue weighted by Crippen LogP contribution is -2.37. The molecule has 0 aliphatic carbocycles. The highest BCUT2D eigenvalue weighted by Crippen LogP contribution is 2.30. The van der Waals surface area contributed by atoms with Crippen molar-refractivity contribution in [3.05, 3.63) is 84.4 Å². The Morgan fingerprint density at radius 3 is 2.08 bits per heavy atom. The molecule has 196 valence electrons. The summed E-state index contributed by atoms with van der Waals surface area (Å²) in [6.45, 7) is 4.82. The molecule has 0 saturated carbocycles. The van der Waals surface area contributed by atoms with Crippen LogP contribution in [0.5, 0.6) is 11.5 Å². The van der Waals surface area contributed by atoms with Gasteiger partial charge in [0.1, 0.15) is 17.1 Å². The van der Waals surface area contributed by atoms with Crippen molar-refractivity contribution in [2.45, 2.75) is 39.3 Å². The summed E-state index contributed by atoms with van der Waals surface area (Å²) in [6.07, 6.45) is -5.52. The van der Waals surface area contributed by atoms with Crippen LogP contribution in [-0.4, -0.2) is 30.6 Å². The number of hydrogen-bond acceptors (Lipinski definition) is 5. The average molecular weight is 517 g/mol. The van der Waals surface area contributed by atoms with Gasteiger partial charge in [0.15, 0.2) is 6.61 Å². The maximum atomic E-state index is 13.2. The number of rotatable bonds is 8. The van der Waals surface area contributed by atoms with Gasteiger partial charge in [-0.15, -0.1) is 13.2 Å².